The summed E-state index contributed by atoms with van der Waals surface area (Å²) < 4.78 is 6.17. The molecule has 4 atom stereocenters. The fourth-order valence-corrected chi connectivity index (χ4v) is 8.18. The van der Waals surface area contributed by atoms with Crippen LogP contribution < -0.4 is 4.90 Å². The van der Waals surface area contributed by atoms with Gasteiger partial charge in [-0.25, -0.2) is 0 Å². The summed E-state index contributed by atoms with van der Waals surface area (Å²) in [7, 11) is 0. The molecule has 1 aliphatic heterocycles. The summed E-state index contributed by atoms with van der Waals surface area (Å²) >= 11 is 0. The molecule has 0 N–H and O–H groups in total. The van der Waals surface area contributed by atoms with Crippen LogP contribution in [-0.2, 0) is 5.41 Å². The number of hydrogen-bond acceptors (Lipinski definition) is 2. The average molecular weight is 594 g/mol. The molecule has 5 aromatic carbocycles. The van der Waals surface area contributed by atoms with E-state index in [9.17, 15) is 0 Å². The van der Waals surface area contributed by atoms with Gasteiger partial charge < -0.3 is 9.32 Å². The van der Waals surface area contributed by atoms with E-state index in [2.05, 4.69) is 164 Å². The van der Waals surface area contributed by atoms with Crippen LogP contribution in [0.1, 0.15) is 42.0 Å². The van der Waals surface area contributed by atoms with E-state index in [0.717, 1.165) is 21.9 Å². The first-order chi connectivity index (χ1) is 22.6. The normalized spacial score (nSPS) is 23.3. The number of nitrogens with zero attached hydrogens (tertiary/aromatic N) is 1. The molecule has 6 aromatic rings. The Hall–Kier alpha value is -5.34. The summed E-state index contributed by atoms with van der Waals surface area (Å²) in [5.41, 5.74) is 12.1. The second-order valence-electron chi connectivity index (χ2n) is 13.2. The number of rotatable bonds is 4. The topological polar surface area (TPSA) is 16.4 Å². The van der Waals surface area contributed by atoms with Crippen molar-refractivity contribution < 1.29 is 4.42 Å². The Bertz CT molecular complexity index is 2260. The highest BCUT2D eigenvalue weighted by atomic mass is 16.3. The highest BCUT2D eigenvalue weighted by molar-refractivity contribution is 6.06. The molecule has 2 heteroatoms. The van der Waals surface area contributed by atoms with Crippen molar-refractivity contribution in [3.63, 3.8) is 0 Å². The Morgan fingerprint density at radius 3 is 2.39 bits per heavy atom. The first kappa shape index (κ1) is 27.0. The third-order valence-electron chi connectivity index (χ3n) is 10.5. The van der Waals surface area contributed by atoms with Gasteiger partial charge in [0.25, 0.3) is 0 Å². The summed E-state index contributed by atoms with van der Waals surface area (Å²) in [4.78, 5) is 2.52. The first-order valence-electron chi connectivity index (χ1n) is 16.3. The number of allylic oxidation sites excluding steroid dienone is 6. The first-order valence-corrected chi connectivity index (χ1v) is 16.3. The molecule has 222 valence electrons. The SMILES string of the molecule is CC1C(c2cccc(C3=CC4(C)c5ccccc5N(c5ccc6oc7ccccc7c6c5)C4C=C3)c2)=CC=CC1c1ccccc1. The van der Waals surface area contributed by atoms with Crippen LogP contribution >= 0.6 is 0 Å². The molecule has 0 fully saturated rings. The Morgan fingerprint density at radius 2 is 1.48 bits per heavy atom. The quantitative estimate of drug-likeness (QED) is 0.202. The molecule has 2 heterocycles. The predicted octanol–water partition coefficient (Wildman–Crippen LogP) is 11.4. The third-order valence-corrected chi connectivity index (χ3v) is 10.5. The molecule has 46 heavy (non-hydrogen) atoms. The van der Waals surface area contributed by atoms with E-state index in [1.54, 1.807) is 0 Å². The lowest BCUT2D eigenvalue weighted by atomic mass is 9.73. The summed E-state index contributed by atoms with van der Waals surface area (Å²) in [5.74, 6) is 0.763. The van der Waals surface area contributed by atoms with Crippen LogP contribution in [0, 0.1) is 5.92 Å². The van der Waals surface area contributed by atoms with E-state index in [1.807, 2.05) is 12.1 Å². The van der Waals surface area contributed by atoms with Gasteiger partial charge in [0.2, 0.25) is 0 Å². The molecule has 9 rings (SSSR count). The zero-order valence-electron chi connectivity index (χ0n) is 26.1. The number of para-hydroxylation sites is 2. The monoisotopic (exact) mass is 593 g/mol. The van der Waals surface area contributed by atoms with Crippen molar-refractivity contribution in [3.05, 3.63) is 180 Å². The van der Waals surface area contributed by atoms with E-state index in [0.29, 0.717) is 11.8 Å². The predicted molar refractivity (Wildman–Crippen MR) is 192 cm³/mol. The van der Waals surface area contributed by atoms with E-state index >= 15 is 0 Å². The number of hydrogen-bond donors (Lipinski definition) is 0. The zero-order valence-corrected chi connectivity index (χ0v) is 26.1. The number of benzene rings is 5. The summed E-state index contributed by atoms with van der Waals surface area (Å²) in [6.45, 7) is 4.76. The van der Waals surface area contributed by atoms with Crippen molar-refractivity contribution in [2.24, 2.45) is 5.92 Å². The van der Waals surface area contributed by atoms with Crippen LogP contribution in [0.4, 0.5) is 11.4 Å². The lowest BCUT2D eigenvalue weighted by molar-refractivity contribution is 0.553. The fraction of sp³-hybridized carbons (Fsp3) is 0.136. The molecule has 4 unspecified atom stereocenters. The van der Waals surface area contributed by atoms with Crippen LogP contribution in [0.3, 0.4) is 0 Å². The largest absolute Gasteiger partial charge is 0.456 e. The molecular weight excluding hydrogens is 558 g/mol. The van der Waals surface area contributed by atoms with Crippen molar-refractivity contribution in [2.45, 2.75) is 31.2 Å². The highest BCUT2D eigenvalue weighted by Gasteiger charge is 2.47. The second-order valence-corrected chi connectivity index (χ2v) is 13.2. The van der Waals surface area contributed by atoms with Crippen molar-refractivity contribution in [1.82, 2.24) is 0 Å². The van der Waals surface area contributed by atoms with Crippen molar-refractivity contribution in [1.29, 1.82) is 0 Å². The molecule has 2 aliphatic carbocycles. The standard InChI is InChI=1S/C44H35NO/c1-29-35(30-12-4-3-5-13-30)17-11-18-36(29)32-15-10-14-31(26-32)33-22-25-43-44(2,28-33)39-19-7-8-20-40(39)45(43)34-23-24-42-38(27-34)37-16-6-9-21-41(37)46-42/h3-29,35,43H,1-2H3. The molecule has 1 aromatic heterocycles. The smallest absolute Gasteiger partial charge is 0.135 e. The lowest BCUT2D eigenvalue weighted by Crippen LogP contribution is -2.39. The Labute approximate surface area is 270 Å². The number of anilines is 2. The van der Waals surface area contributed by atoms with Crippen molar-refractivity contribution in [3.8, 4) is 0 Å². The summed E-state index contributed by atoms with van der Waals surface area (Å²) in [6.07, 6.45) is 14.1. The van der Waals surface area contributed by atoms with E-state index < -0.39 is 0 Å². The molecule has 0 radical (unpaired) electrons. The van der Waals surface area contributed by atoms with Crippen LogP contribution in [0.25, 0.3) is 33.1 Å². The van der Waals surface area contributed by atoms with Gasteiger partial charge in [0.05, 0.1) is 6.04 Å². The van der Waals surface area contributed by atoms with E-state index in [1.165, 1.54) is 44.8 Å². The van der Waals surface area contributed by atoms with Gasteiger partial charge in [-0.05, 0) is 82.6 Å². The maximum Gasteiger partial charge on any atom is 0.135 e. The van der Waals surface area contributed by atoms with Gasteiger partial charge in [-0.3, -0.25) is 0 Å². The molecule has 0 saturated heterocycles. The van der Waals surface area contributed by atoms with Crippen molar-refractivity contribution in [2.75, 3.05) is 4.90 Å². The molecule has 0 amide bonds. The summed E-state index contributed by atoms with van der Waals surface area (Å²) in [5, 5.41) is 2.31. The Balaban J connectivity index is 1.09. The van der Waals surface area contributed by atoms with Crippen LogP contribution in [0.2, 0.25) is 0 Å². The minimum atomic E-state index is -0.192. The van der Waals surface area contributed by atoms with Gasteiger partial charge in [-0.1, -0.05) is 128 Å². The zero-order chi connectivity index (χ0) is 30.8. The Kier molecular flexibility index (Phi) is 6.08. The van der Waals surface area contributed by atoms with Gasteiger partial charge in [0.1, 0.15) is 11.2 Å². The summed E-state index contributed by atoms with van der Waals surface area (Å²) in [6, 6.07) is 44.0. The molecule has 0 saturated carbocycles. The van der Waals surface area contributed by atoms with Gasteiger partial charge in [-0.2, -0.15) is 0 Å². The van der Waals surface area contributed by atoms with E-state index in [-0.39, 0.29) is 11.5 Å². The molecule has 0 bridgehead atoms. The van der Waals surface area contributed by atoms with E-state index in [4.69, 9.17) is 4.42 Å². The highest BCUT2D eigenvalue weighted by Crippen LogP contribution is 2.53. The van der Waals surface area contributed by atoms with Gasteiger partial charge in [0.15, 0.2) is 0 Å². The minimum Gasteiger partial charge on any atom is -0.456 e. The second kappa shape index (κ2) is 10.4. The van der Waals surface area contributed by atoms with Crippen LogP contribution in [0.5, 0.6) is 0 Å². The van der Waals surface area contributed by atoms with Gasteiger partial charge in [-0.15, -0.1) is 0 Å². The van der Waals surface area contributed by atoms with Crippen LogP contribution in [0.15, 0.2) is 162 Å². The third kappa shape index (κ3) is 4.10. The molecule has 3 aliphatic rings. The molecule has 2 nitrogen and oxygen atoms in total. The maximum absolute atomic E-state index is 6.17. The minimum absolute atomic E-state index is 0.158. The number of fused-ring (bicyclic) bond motifs is 6. The Morgan fingerprint density at radius 1 is 0.696 bits per heavy atom. The average Bonchev–Trinajstić information content (AvgIpc) is 3.60. The van der Waals surface area contributed by atoms with Crippen LogP contribution in [-0.4, -0.2) is 6.04 Å². The molecular formula is C44H35NO. The maximum atomic E-state index is 6.17. The van der Waals surface area contributed by atoms with Gasteiger partial charge >= 0.3 is 0 Å². The van der Waals surface area contributed by atoms with Crippen molar-refractivity contribution >= 4 is 44.5 Å². The fourth-order valence-electron chi connectivity index (χ4n) is 8.18. The molecule has 0 spiro atoms. The number of furan rings is 1. The van der Waals surface area contributed by atoms with Gasteiger partial charge in [0, 0.05) is 33.5 Å². The lowest BCUT2D eigenvalue weighted by Gasteiger charge is -2.36.